The maximum absolute atomic E-state index is 12.0. The van der Waals surface area contributed by atoms with Crippen LogP contribution in [0.15, 0.2) is 0 Å². The van der Waals surface area contributed by atoms with Crippen molar-refractivity contribution >= 4 is 11.9 Å². The van der Waals surface area contributed by atoms with Crippen molar-refractivity contribution in [3.05, 3.63) is 0 Å². The van der Waals surface area contributed by atoms with Crippen molar-refractivity contribution < 1.29 is 27.9 Å². The molecule has 0 bridgehead atoms. The summed E-state index contributed by atoms with van der Waals surface area (Å²) in [4.78, 5) is 21.6. The first-order chi connectivity index (χ1) is 7.05. The molecule has 0 rings (SSSR count). The van der Waals surface area contributed by atoms with Crippen LogP contribution in [0.3, 0.4) is 0 Å². The predicted molar refractivity (Wildman–Crippen MR) is 49.7 cm³/mol. The molecule has 2 N–H and O–H groups in total. The first kappa shape index (κ1) is 14.7. The summed E-state index contributed by atoms with van der Waals surface area (Å²) in [7, 11) is 0. The van der Waals surface area contributed by atoms with E-state index in [1.54, 1.807) is 6.92 Å². The predicted octanol–water partition coefficient (Wildman–Crippen LogP) is 1.55. The number of rotatable bonds is 4. The van der Waals surface area contributed by atoms with E-state index in [1.807, 2.05) is 0 Å². The maximum Gasteiger partial charge on any atom is 0.471 e. The third kappa shape index (κ3) is 3.11. The number of carbonyl (C=O) groups is 2. The Labute approximate surface area is 90.8 Å². The molecular weight excluding hydrogens is 227 g/mol. The third-order valence-electron chi connectivity index (χ3n) is 2.67. The first-order valence-electron chi connectivity index (χ1n) is 4.68. The molecule has 94 valence electrons. The molecule has 2 unspecified atom stereocenters. The molecule has 4 nitrogen and oxygen atoms in total. The topological polar surface area (TPSA) is 66.4 Å². The summed E-state index contributed by atoms with van der Waals surface area (Å²) in [6.07, 6.45) is -4.74. The summed E-state index contributed by atoms with van der Waals surface area (Å²) in [5.41, 5.74) is -1.92. The van der Waals surface area contributed by atoms with Crippen LogP contribution in [0.1, 0.15) is 27.2 Å². The highest BCUT2D eigenvalue weighted by atomic mass is 19.4. The molecule has 0 saturated carbocycles. The van der Waals surface area contributed by atoms with Gasteiger partial charge in [-0.2, -0.15) is 13.2 Å². The van der Waals surface area contributed by atoms with Gasteiger partial charge in [0.2, 0.25) is 0 Å². The molecule has 0 aromatic carbocycles. The molecule has 16 heavy (non-hydrogen) atoms. The van der Waals surface area contributed by atoms with E-state index in [2.05, 4.69) is 0 Å². The summed E-state index contributed by atoms with van der Waals surface area (Å²) in [5.74, 6) is -4.34. The van der Waals surface area contributed by atoms with Gasteiger partial charge in [-0.25, -0.2) is 4.79 Å². The van der Waals surface area contributed by atoms with Gasteiger partial charge in [0.1, 0.15) is 5.54 Å². The zero-order valence-corrected chi connectivity index (χ0v) is 9.18. The Morgan fingerprint density at radius 3 is 2.06 bits per heavy atom. The molecule has 0 aromatic heterocycles. The van der Waals surface area contributed by atoms with Crippen molar-refractivity contribution in [2.75, 3.05) is 0 Å². The Balaban J connectivity index is 4.98. The summed E-state index contributed by atoms with van der Waals surface area (Å²) >= 11 is 0. The molecule has 0 aliphatic rings. The molecule has 0 radical (unpaired) electrons. The van der Waals surface area contributed by atoms with E-state index < -0.39 is 29.5 Å². The lowest BCUT2D eigenvalue weighted by Gasteiger charge is -2.32. The zero-order chi connectivity index (χ0) is 13.1. The highest BCUT2D eigenvalue weighted by Gasteiger charge is 2.47. The van der Waals surface area contributed by atoms with E-state index in [1.165, 1.54) is 12.2 Å². The van der Waals surface area contributed by atoms with E-state index in [9.17, 15) is 22.8 Å². The zero-order valence-electron chi connectivity index (χ0n) is 9.18. The van der Waals surface area contributed by atoms with Crippen molar-refractivity contribution in [1.29, 1.82) is 0 Å². The van der Waals surface area contributed by atoms with Gasteiger partial charge in [-0.15, -0.1) is 0 Å². The minimum atomic E-state index is -5.08. The largest absolute Gasteiger partial charge is 0.480 e. The molecule has 0 aromatic rings. The van der Waals surface area contributed by atoms with Gasteiger partial charge in [-0.05, 0) is 12.8 Å². The highest BCUT2D eigenvalue weighted by Crippen LogP contribution is 2.23. The summed E-state index contributed by atoms with van der Waals surface area (Å²) in [5, 5.41) is 10.4. The van der Waals surface area contributed by atoms with Crippen molar-refractivity contribution in [2.45, 2.75) is 38.9 Å². The van der Waals surface area contributed by atoms with Crippen molar-refractivity contribution in [1.82, 2.24) is 5.32 Å². The summed E-state index contributed by atoms with van der Waals surface area (Å²) in [6.45, 7) is 4.16. The van der Waals surface area contributed by atoms with Crippen LogP contribution >= 0.6 is 0 Å². The molecule has 7 heteroatoms. The standard InChI is InChI=1S/C9H14F3NO3/c1-4-5(2)8(3,7(15)16)13-6(14)9(10,11)12/h5H,4H2,1-3H3,(H,13,14)(H,15,16). The van der Waals surface area contributed by atoms with Crippen LogP contribution in [0, 0.1) is 5.92 Å². The second-order valence-corrected chi connectivity index (χ2v) is 3.77. The lowest BCUT2D eigenvalue weighted by atomic mass is 9.85. The average Bonchev–Trinajstić information content (AvgIpc) is 2.14. The van der Waals surface area contributed by atoms with Gasteiger partial charge in [0, 0.05) is 0 Å². The highest BCUT2D eigenvalue weighted by molar-refractivity contribution is 5.89. The Morgan fingerprint density at radius 2 is 1.81 bits per heavy atom. The van der Waals surface area contributed by atoms with Crippen molar-refractivity contribution in [3.63, 3.8) is 0 Å². The van der Waals surface area contributed by atoms with Gasteiger partial charge in [-0.3, -0.25) is 4.79 Å². The fraction of sp³-hybridized carbons (Fsp3) is 0.778. The van der Waals surface area contributed by atoms with E-state index in [0.29, 0.717) is 6.42 Å². The monoisotopic (exact) mass is 241 g/mol. The second-order valence-electron chi connectivity index (χ2n) is 3.77. The first-order valence-corrected chi connectivity index (χ1v) is 4.68. The van der Waals surface area contributed by atoms with Gasteiger partial charge >= 0.3 is 18.1 Å². The molecule has 0 aliphatic carbocycles. The smallest absolute Gasteiger partial charge is 0.471 e. The van der Waals surface area contributed by atoms with Crippen LogP contribution in [-0.2, 0) is 9.59 Å². The number of carboxylic acid groups (broad SMARTS) is 1. The minimum Gasteiger partial charge on any atom is -0.480 e. The Kier molecular flexibility index (Phi) is 4.34. The SMILES string of the molecule is CCC(C)C(C)(NC(=O)C(F)(F)F)C(=O)O. The number of hydrogen-bond donors (Lipinski definition) is 2. The number of amides is 1. The Hall–Kier alpha value is -1.27. The van der Waals surface area contributed by atoms with Crippen molar-refractivity contribution in [3.8, 4) is 0 Å². The van der Waals surface area contributed by atoms with Crippen molar-refractivity contribution in [2.24, 2.45) is 5.92 Å². The lowest BCUT2D eigenvalue weighted by molar-refractivity contribution is -0.178. The van der Waals surface area contributed by atoms with Crippen LogP contribution in [0.2, 0.25) is 0 Å². The van der Waals surface area contributed by atoms with Crippen LogP contribution in [-0.4, -0.2) is 28.7 Å². The number of hydrogen-bond acceptors (Lipinski definition) is 2. The fourth-order valence-corrected chi connectivity index (χ4v) is 1.10. The molecule has 2 atom stereocenters. The van der Waals surface area contributed by atoms with E-state index >= 15 is 0 Å². The number of alkyl halides is 3. The molecular formula is C9H14F3NO3. The summed E-state index contributed by atoms with van der Waals surface area (Å²) < 4.78 is 36.0. The van der Waals surface area contributed by atoms with Crippen LogP contribution < -0.4 is 5.32 Å². The Morgan fingerprint density at radius 1 is 1.38 bits per heavy atom. The van der Waals surface area contributed by atoms with Gasteiger partial charge in [0.05, 0.1) is 0 Å². The van der Waals surface area contributed by atoms with E-state index in [0.717, 1.165) is 6.92 Å². The maximum atomic E-state index is 12.0. The van der Waals surface area contributed by atoms with Crippen LogP contribution in [0.5, 0.6) is 0 Å². The molecule has 0 heterocycles. The van der Waals surface area contributed by atoms with Crippen LogP contribution in [0.4, 0.5) is 13.2 Å². The Bertz CT molecular complexity index is 290. The number of aliphatic carboxylic acids is 1. The number of nitrogens with one attached hydrogen (secondary N) is 1. The molecule has 1 amide bonds. The summed E-state index contributed by atoms with van der Waals surface area (Å²) in [6, 6.07) is 0. The molecule has 0 spiro atoms. The quantitative estimate of drug-likeness (QED) is 0.784. The van der Waals surface area contributed by atoms with Crippen LogP contribution in [0.25, 0.3) is 0 Å². The van der Waals surface area contributed by atoms with E-state index in [4.69, 9.17) is 5.11 Å². The van der Waals surface area contributed by atoms with E-state index in [-0.39, 0.29) is 0 Å². The molecule has 0 fully saturated rings. The van der Waals surface area contributed by atoms with Gasteiger partial charge < -0.3 is 10.4 Å². The average molecular weight is 241 g/mol. The number of carbonyl (C=O) groups excluding carboxylic acids is 1. The normalized spacial score (nSPS) is 17.4. The number of carboxylic acids is 1. The van der Waals surface area contributed by atoms with Gasteiger partial charge in [0.25, 0.3) is 0 Å². The van der Waals surface area contributed by atoms with Gasteiger partial charge in [-0.1, -0.05) is 20.3 Å². The molecule has 0 aliphatic heterocycles. The number of halogens is 3. The second kappa shape index (κ2) is 4.71. The third-order valence-corrected chi connectivity index (χ3v) is 2.67. The molecule has 0 saturated heterocycles. The van der Waals surface area contributed by atoms with Gasteiger partial charge in [0.15, 0.2) is 0 Å². The minimum absolute atomic E-state index is 0.334. The lowest BCUT2D eigenvalue weighted by Crippen LogP contribution is -2.59. The fourth-order valence-electron chi connectivity index (χ4n) is 1.10.